The Labute approximate surface area is 121 Å². The molecule has 1 amide bonds. The number of carboxylic acids is 1. The van der Waals surface area contributed by atoms with Crippen LogP contribution in [0.15, 0.2) is 24.3 Å². The lowest BCUT2D eigenvalue weighted by molar-refractivity contribution is -0.140. The second-order valence-electron chi connectivity index (χ2n) is 4.35. The molecule has 1 aromatic carbocycles. The highest BCUT2D eigenvalue weighted by Crippen LogP contribution is 2.13. The lowest BCUT2D eigenvalue weighted by atomic mass is 10.2. The Bertz CT molecular complexity index is 597. The molecule has 0 heterocycles. The Morgan fingerprint density at radius 1 is 1.30 bits per heavy atom. The van der Waals surface area contributed by atoms with Gasteiger partial charge in [0.1, 0.15) is 5.75 Å². The number of sulfone groups is 1. The van der Waals surface area contributed by atoms with Crippen LogP contribution in [0.3, 0.4) is 0 Å². The van der Waals surface area contributed by atoms with E-state index in [9.17, 15) is 18.0 Å². The quantitative estimate of drug-likeness (QED) is 0.825. The number of aliphatic carboxylic acids is 1. The number of hydrogen-bond acceptors (Lipinski definition) is 4. The molecule has 6 nitrogen and oxygen atoms in total. The molecule has 110 valence electrons. The van der Waals surface area contributed by atoms with Crippen molar-refractivity contribution in [2.24, 2.45) is 5.92 Å². The van der Waals surface area contributed by atoms with Crippen LogP contribution in [0.5, 0.6) is 0 Å². The maximum atomic E-state index is 11.7. The molecule has 1 unspecified atom stereocenters. The van der Waals surface area contributed by atoms with Crippen LogP contribution in [-0.4, -0.2) is 36.9 Å². The van der Waals surface area contributed by atoms with Gasteiger partial charge in [-0.15, -0.1) is 0 Å². The fourth-order valence-electron chi connectivity index (χ4n) is 1.44. The summed E-state index contributed by atoms with van der Waals surface area (Å²) in [6.07, 6.45) is 0. The van der Waals surface area contributed by atoms with Crippen LogP contribution in [0.2, 0.25) is 5.02 Å². The molecular formula is C12H14ClNO5S. The fourth-order valence-corrected chi connectivity index (χ4v) is 3.06. The van der Waals surface area contributed by atoms with Crippen molar-refractivity contribution in [3.05, 3.63) is 29.3 Å². The average molecular weight is 320 g/mol. The Morgan fingerprint density at radius 2 is 1.85 bits per heavy atom. The van der Waals surface area contributed by atoms with E-state index in [-0.39, 0.29) is 0 Å². The Morgan fingerprint density at radius 3 is 2.35 bits per heavy atom. The van der Waals surface area contributed by atoms with Crippen LogP contribution < -0.4 is 5.32 Å². The van der Waals surface area contributed by atoms with Gasteiger partial charge in [-0.2, -0.15) is 0 Å². The number of anilines is 1. The smallest absolute Gasteiger partial charge is 0.307 e. The van der Waals surface area contributed by atoms with E-state index in [0.717, 1.165) is 0 Å². The second kappa shape index (κ2) is 6.71. The molecule has 20 heavy (non-hydrogen) atoms. The van der Waals surface area contributed by atoms with E-state index in [1.807, 2.05) is 0 Å². The SMILES string of the molecule is CC(CS(=O)(=O)CC(=O)Nc1ccc(Cl)cc1)C(=O)O. The number of halogens is 1. The summed E-state index contributed by atoms with van der Waals surface area (Å²) in [7, 11) is -3.77. The normalized spacial score (nSPS) is 12.7. The first kappa shape index (κ1) is 16.5. The monoisotopic (exact) mass is 319 g/mol. The van der Waals surface area contributed by atoms with Crippen LogP contribution in [0.1, 0.15) is 6.92 Å². The van der Waals surface area contributed by atoms with E-state index in [1.54, 1.807) is 12.1 Å². The topological polar surface area (TPSA) is 101 Å². The summed E-state index contributed by atoms with van der Waals surface area (Å²) in [4.78, 5) is 22.2. The van der Waals surface area contributed by atoms with Gasteiger partial charge in [0.2, 0.25) is 5.91 Å². The van der Waals surface area contributed by atoms with Crippen molar-refractivity contribution in [1.29, 1.82) is 0 Å². The minimum atomic E-state index is -3.77. The van der Waals surface area contributed by atoms with E-state index < -0.39 is 39.1 Å². The van der Waals surface area contributed by atoms with Crippen molar-refractivity contribution in [2.45, 2.75) is 6.92 Å². The molecule has 0 saturated carbocycles. The number of carboxylic acid groups (broad SMARTS) is 1. The van der Waals surface area contributed by atoms with Crippen molar-refractivity contribution < 1.29 is 23.1 Å². The van der Waals surface area contributed by atoms with Crippen LogP contribution in [-0.2, 0) is 19.4 Å². The third-order valence-corrected chi connectivity index (χ3v) is 4.37. The fraction of sp³-hybridized carbons (Fsp3) is 0.333. The van der Waals surface area contributed by atoms with Crippen molar-refractivity contribution in [2.75, 3.05) is 16.8 Å². The van der Waals surface area contributed by atoms with Crippen molar-refractivity contribution >= 4 is 39.0 Å². The van der Waals surface area contributed by atoms with Gasteiger partial charge in [-0.25, -0.2) is 8.42 Å². The lowest BCUT2D eigenvalue weighted by Crippen LogP contribution is -2.29. The van der Waals surface area contributed by atoms with Gasteiger partial charge in [0, 0.05) is 10.7 Å². The second-order valence-corrected chi connectivity index (χ2v) is 6.89. The van der Waals surface area contributed by atoms with Gasteiger partial charge >= 0.3 is 5.97 Å². The zero-order valence-corrected chi connectivity index (χ0v) is 12.2. The maximum absolute atomic E-state index is 11.7. The molecule has 8 heteroatoms. The van der Waals surface area contributed by atoms with Gasteiger partial charge in [0.25, 0.3) is 0 Å². The van der Waals surface area contributed by atoms with Gasteiger partial charge < -0.3 is 10.4 Å². The number of hydrogen-bond donors (Lipinski definition) is 2. The molecule has 0 radical (unpaired) electrons. The first-order chi connectivity index (χ1) is 9.19. The van der Waals surface area contributed by atoms with E-state index in [0.29, 0.717) is 10.7 Å². The largest absolute Gasteiger partial charge is 0.481 e. The molecule has 0 aliphatic rings. The maximum Gasteiger partial charge on any atom is 0.307 e. The standard InChI is InChI=1S/C12H14ClNO5S/c1-8(12(16)17)6-20(18,19)7-11(15)14-10-4-2-9(13)3-5-10/h2-5,8H,6-7H2,1H3,(H,14,15)(H,16,17). The van der Waals surface area contributed by atoms with Crippen LogP contribution in [0.25, 0.3) is 0 Å². The number of carbonyl (C=O) groups excluding carboxylic acids is 1. The van der Waals surface area contributed by atoms with Crippen molar-refractivity contribution in [1.82, 2.24) is 0 Å². The van der Waals surface area contributed by atoms with Crippen LogP contribution in [0.4, 0.5) is 5.69 Å². The van der Waals surface area contributed by atoms with Gasteiger partial charge in [-0.3, -0.25) is 9.59 Å². The lowest BCUT2D eigenvalue weighted by Gasteiger charge is -2.08. The minimum Gasteiger partial charge on any atom is -0.481 e. The van der Waals surface area contributed by atoms with Crippen molar-refractivity contribution in [3.63, 3.8) is 0 Å². The highest BCUT2D eigenvalue weighted by molar-refractivity contribution is 7.92. The number of carbonyl (C=O) groups is 2. The molecule has 2 N–H and O–H groups in total. The summed E-state index contributed by atoms with van der Waals surface area (Å²) in [6, 6.07) is 6.18. The van der Waals surface area contributed by atoms with Crippen LogP contribution in [0, 0.1) is 5.92 Å². The summed E-state index contributed by atoms with van der Waals surface area (Å²) < 4.78 is 23.3. The molecular weight excluding hydrogens is 306 g/mol. The Hall–Kier alpha value is -1.60. The Balaban J connectivity index is 2.61. The Kier molecular flexibility index (Phi) is 5.52. The van der Waals surface area contributed by atoms with Crippen molar-refractivity contribution in [3.8, 4) is 0 Å². The summed E-state index contributed by atoms with van der Waals surface area (Å²) in [5.41, 5.74) is 0.417. The first-order valence-electron chi connectivity index (χ1n) is 5.68. The van der Waals surface area contributed by atoms with E-state index in [1.165, 1.54) is 19.1 Å². The van der Waals surface area contributed by atoms with Gasteiger partial charge in [0.05, 0.1) is 11.7 Å². The molecule has 0 aliphatic heterocycles. The summed E-state index contributed by atoms with van der Waals surface area (Å²) in [6.45, 7) is 1.27. The average Bonchev–Trinajstić information content (AvgIpc) is 2.30. The molecule has 1 rings (SSSR count). The number of rotatable bonds is 6. The zero-order chi connectivity index (χ0) is 15.3. The molecule has 0 bridgehead atoms. The van der Waals surface area contributed by atoms with E-state index in [2.05, 4.69) is 5.32 Å². The molecule has 0 aliphatic carbocycles. The molecule has 0 fully saturated rings. The predicted molar refractivity (Wildman–Crippen MR) is 75.5 cm³/mol. The third kappa shape index (κ3) is 5.58. The van der Waals surface area contributed by atoms with Gasteiger partial charge in [0.15, 0.2) is 9.84 Å². The highest BCUT2D eigenvalue weighted by Gasteiger charge is 2.23. The molecule has 1 aromatic rings. The molecule has 0 saturated heterocycles. The number of nitrogens with one attached hydrogen (secondary N) is 1. The van der Waals surface area contributed by atoms with E-state index in [4.69, 9.17) is 16.7 Å². The van der Waals surface area contributed by atoms with Gasteiger partial charge in [-0.1, -0.05) is 18.5 Å². The number of benzene rings is 1. The summed E-state index contributed by atoms with van der Waals surface area (Å²) >= 11 is 5.68. The zero-order valence-electron chi connectivity index (χ0n) is 10.7. The van der Waals surface area contributed by atoms with Gasteiger partial charge in [-0.05, 0) is 24.3 Å². The third-order valence-electron chi connectivity index (χ3n) is 2.40. The first-order valence-corrected chi connectivity index (χ1v) is 7.88. The summed E-state index contributed by atoms with van der Waals surface area (Å²) in [5, 5.41) is 11.6. The predicted octanol–water partition coefficient (Wildman–Crippen LogP) is 1.41. The molecule has 0 spiro atoms. The van der Waals surface area contributed by atoms with E-state index >= 15 is 0 Å². The minimum absolute atomic E-state index is 0.417. The molecule has 0 aromatic heterocycles. The summed E-state index contributed by atoms with van der Waals surface area (Å²) in [5.74, 6) is -4.32. The molecule has 1 atom stereocenters. The van der Waals surface area contributed by atoms with Crippen LogP contribution >= 0.6 is 11.6 Å². The highest BCUT2D eigenvalue weighted by atomic mass is 35.5. The number of amides is 1.